The summed E-state index contributed by atoms with van der Waals surface area (Å²) < 4.78 is 5.36. The molecule has 82 valence electrons. The minimum atomic E-state index is 0.176. The molecule has 2 rings (SSSR count). The third-order valence-corrected chi connectivity index (χ3v) is 2.21. The fraction of sp³-hybridized carbons (Fsp3) is 0.154. The molecular formula is C13H13NO2. The van der Waals surface area contributed by atoms with Gasteiger partial charge in [-0.05, 0) is 43.3 Å². The number of pyridine rings is 1. The summed E-state index contributed by atoms with van der Waals surface area (Å²) in [5.74, 6) is 1.03. The van der Waals surface area contributed by atoms with Crippen LogP contribution in [0.3, 0.4) is 0 Å². The molecule has 0 saturated carbocycles. The Balaban J connectivity index is 2.24. The number of aromatic hydroxyl groups is 1. The fourth-order valence-electron chi connectivity index (χ4n) is 1.45. The van der Waals surface area contributed by atoms with Crippen LogP contribution in [0, 0.1) is 0 Å². The van der Waals surface area contributed by atoms with Gasteiger partial charge in [-0.25, -0.2) is 0 Å². The minimum absolute atomic E-state index is 0.176. The molecule has 0 unspecified atom stereocenters. The Morgan fingerprint density at radius 2 is 1.88 bits per heavy atom. The van der Waals surface area contributed by atoms with E-state index in [4.69, 9.17) is 9.84 Å². The molecule has 0 amide bonds. The van der Waals surface area contributed by atoms with Gasteiger partial charge in [0.2, 0.25) is 0 Å². The largest absolute Gasteiger partial charge is 0.506 e. The van der Waals surface area contributed by atoms with Crippen LogP contribution in [-0.4, -0.2) is 16.7 Å². The molecule has 0 atom stereocenters. The second-order valence-corrected chi connectivity index (χ2v) is 3.36. The van der Waals surface area contributed by atoms with Crippen molar-refractivity contribution in [2.24, 2.45) is 0 Å². The monoisotopic (exact) mass is 215 g/mol. The van der Waals surface area contributed by atoms with Gasteiger partial charge in [0.25, 0.3) is 0 Å². The van der Waals surface area contributed by atoms with Crippen molar-refractivity contribution in [3.05, 3.63) is 42.6 Å². The van der Waals surface area contributed by atoms with Crippen LogP contribution in [0.25, 0.3) is 11.3 Å². The maximum absolute atomic E-state index is 9.14. The lowest BCUT2D eigenvalue weighted by Gasteiger charge is -2.04. The van der Waals surface area contributed by atoms with Gasteiger partial charge in [-0.1, -0.05) is 0 Å². The maximum Gasteiger partial charge on any atom is 0.133 e. The molecule has 0 radical (unpaired) electrons. The number of hydrogen-bond donors (Lipinski definition) is 1. The molecule has 0 saturated heterocycles. The van der Waals surface area contributed by atoms with E-state index in [-0.39, 0.29) is 5.75 Å². The molecule has 0 aliphatic heterocycles. The van der Waals surface area contributed by atoms with Gasteiger partial charge in [-0.2, -0.15) is 0 Å². The van der Waals surface area contributed by atoms with Crippen molar-refractivity contribution in [2.45, 2.75) is 6.92 Å². The predicted octanol–water partition coefficient (Wildman–Crippen LogP) is 2.85. The second-order valence-electron chi connectivity index (χ2n) is 3.36. The molecule has 1 aromatic heterocycles. The highest BCUT2D eigenvalue weighted by Crippen LogP contribution is 2.21. The Morgan fingerprint density at radius 3 is 2.44 bits per heavy atom. The first kappa shape index (κ1) is 10.5. The van der Waals surface area contributed by atoms with Crippen LogP contribution in [0.15, 0.2) is 42.6 Å². The van der Waals surface area contributed by atoms with E-state index in [1.54, 1.807) is 12.1 Å². The van der Waals surface area contributed by atoms with Crippen molar-refractivity contribution in [1.82, 2.24) is 4.98 Å². The number of ether oxygens (including phenoxy) is 1. The van der Waals surface area contributed by atoms with E-state index < -0.39 is 0 Å². The lowest BCUT2D eigenvalue weighted by molar-refractivity contribution is 0.340. The van der Waals surface area contributed by atoms with Crippen molar-refractivity contribution in [3.8, 4) is 22.8 Å². The lowest BCUT2D eigenvalue weighted by Crippen LogP contribution is -1.90. The standard InChI is InChI=1S/C13H13NO2/c1-2-16-12-6-3-10(4-7-12)13-8-5-11(15)9-14-13/h3-9,15H,2H2,1H3. The number of aromatic nitrogens is 1. The highest BCUT2D eigenvalue weighted by molar-refractivity contribution is 5.60. The smallest absolute Gasteiger partial charge is 0.133 e. The van der Waals surface area contributed by atoms with E-state index in [1.807, 2.05) is 31.2 Å². The van der Waals surface area contributed by atoms with Crippen molar-refractivity contribution >= 4 is 0 Å². The van der Waals surface area contributed by atoms with E-state index in [2.05, 4.69) is 4.98 Å². The van der Waals surface area contributed by atoms with Gasteiger partial charge in [-0.3, -0.25) is 4.98 Å². The summed E-state index contributed by atoms with van der Waals surface area (Å²) in [5, 5.41) is 9.14. The molecule has 0 spiro atoms. The average Bonchev–Trinajstić information content (AvgIpc) is 2.32. The molecule has 0 bridgehead atoms. The normalized spacial score (nSPS) is 10.1. The lowest BCUT2D eigenvalue weighted by atomic mass is 10.1. The van der Waals surface area contributed by atoms with Gasteiger partial charge in [0.15, 0.2) is 0 Å². The van der Waals surface area contributed by atoms with E-state index in [0.717, 1.165) is 17.0 Å². The third-order valence-electron chi connectivity index (χ3n) is 2.21. The van der Waals surface area contributed by atoms with Gasteiger partial charge in [0.05, 0.1) is 18.5 Å². The molecule has 16 heavy (non-hydrogen) atoms. The number of rotatable bonds is 3. The highest BCUT2D eigenvalue weighted by Gasteiger charge is 1.99. The Labute approximate surface area is 94.3 Å². The second kappa shape index (κ2) is 4.66. The van der Waals surface area contributed by atoms with Crippen LogP contribution < -0.4 is 4.74 Å². The van der Waals surface area contributed by atoms with E-state index in [1.165, 1.54) is 6.20 Å². The van der Waals surface area contributed by atoms with Crippen LogP contribution in [0.1, 0.15) is 6.92 Å². The van der Waals surface area contributed by atoms with Crippen molar-refractivity contribution in [2.75, 3.05) is 6.61 Å². The predicted molar refractivity (Wildman–Crippen MR) is 62.5 cm³/mol. The molecule has 3 heteroatoms. The zero-order chi connectivity index (χ0) is 11.4. The molecule has 1 heterocycles. The zero-order valence-corrected chi connectivity index (χ0v) is 9.05. The first-order chi connectivity index (χ1) is 7.79. The van der Waals surface area contributed by atoms with Gasteiger partial charge in [0, 0.05) is 5.56 Å². The number of hydrogen-bond acceptors (Lipinski definition) is 3. The number of benzene rings is 1. The summed E-state index contributed by atoms with van der Waals surface area (Å²) in [5.41, 5.74) is 1.84. The van der Waals surface area contributed by atoms with Crippen molar-refractivity contribution < 1.29 is 9.84 Å². The molecule has 1 N–H and O–H groups in total. The Hall–Kier alpha value is -2.03. The Bertz CT molecular complexity index is 448. The first-order valence-electron chi connectivity index (χ1n) is 5.18. The average molecular weight is 215 g/mol. The van der Waals surface area contributed by atoms with Crippen molar-refractivity contribution in [3.63, 3.8) is 0 Å². The maximum atomic E-state index is 9.14. The summed E-state index contributed by atoms with van der Waals surface area (Å²) in [6.07, 6.45) is 1.44. The molecule has 1 aromatic carbocycles. The molecular weight excluding hydrogens is 202 g/mol. The van der Waals surface area contributed by atoms with Crippen LogP contribution >= 0.6 is 0 Å². The summed E-state index contributed by atoms with van der Waals surface area (Å²) >= 11 is 0. The molecule has 0 fully saturated rings. The molecule has 0 aliphatic rings. The van der Waals surface area contributed by atoms with E-state index in [9.17, 15) is 0 Å². The topological polar surface area (TPSA) is 42.4 Å². The third kappa shape index (κ3) is 2.31. The van der Waals surface area contributed by atoms with Crippen molar-refractivity contribution in [1.29, 1.82) is 0 Å². The molecule has 3 nitrogen and oxygen atoms in total. The van der Waals surface area contributed by atoms with Crippen LogP contribution in [0.2, 0.25) is 0 Å². The van der Waals surface area contributed by atoms with E-state index >= 15 is 0 Å². The zero-order valence-electron chi connectivity index (χ0n) is 9.05. The van der Waals surface area contributed by atoms with Gasteiger partial charge in [-0.15, -0.1) is 0 Å². The highest BCUT2D eigenvalue weighted by atomic mass is 16.5. The Kier molecular flexibility index (Phi) is 3.05. The van der Waals surface area contributed by atoms with E-state index in [0.29, 0.717) is 6.61 Å². The first-order valence-corrected chi connectivity index (χ1v) is 5.18. The Morgan fingerprint density at radius 1 is 1.12 bits per heavy atom. The summed E-state index contributed by atoms with van der Waals surface area (Å²) in [4.78, 5) is 4.13. The molecule has 0 aliphatic carbocycles. The molecule has 2 aromatic rings. The summed E-state index contributed by atoms with van der Waals surface area (Å²) in [6, 6.07) is 11.1. The number of nitrogens with zero attached hydrogens (tertiary/aromatic N) is 1. The summed E-state index contributed by atoms with van der Waals surface area (Å²) in [7, 11) is 0. The van der Waals surface area contributed by atoms with Crippen LogP contribution in [-0.2, 0) is 0 Å². The van der Waals surface area contributed by atoms with Crippen LogP contribution in [0.4, 0.5) is 0 Å². The van der Waals surface area contributed by atoms with Gasteiger partial charge >= 0.3 is 0 Å². The van der Waals surface area contributed by atoms with Gasteiger partial charge in [0.1, 0.15) is 11.5 Å². The minimum Gasteiger partial charge on any atom is -0.506 e. The fourth-order valence-corrected chi connectivity index (χ4v) is 1.45. The van der Waals surface area contributed by atoms with Gasteiger partial charge < -0.3 is 9.84 Å². The SMILES string of the molecule is CCOc1ccc(-c2ccc(O)cn2)cc1. The quantitative estimate of drug-likeness (QED) is 0.856. The van der Waals surface area contributed by atoms with Crippen LogP contribution in [0.5, 0.6) is 11.5 Å². The summed E-state index contributed by atoms with van der Waals surface area (Å²) in [6.45, 7) is 2.62.